The number of nitrogens with one attached hydrogen (secondary N) is 2. The number of nitrogens with zero attached hydrogens (tertiary/aromatic N) is 2. The second kappa shape index (κ2) is 8.50. The van der Waals surface area contributed by atoms with E-state index in [1.165, 1.54) is 30.2 Å². The first-order valence-corrected chi connectivity index (χ1v) is 9.30. The number of rotatable bonds is 5. The molecule has 0 radical (unpaired) electrons. The lowest BCUT2D eigenvalue weighted by molar-refractivity contribution is -0.117. The second-order valence-corrected chi connectivity index (χ2v) is 6.91. The van der Waals surface area contributed by atoms with Gasteiger partial charge in [0.15, 0.2) is 0 Å². The van der Waals surface area contributed by atoms with Crippen molar-refractivity contribution in [2.75, 3.05) is 5.32 Å². The zero-order chi connectivity index (χ0) is 19.2. The molecule has 3 rings (SSSR count). The van der Waals surface area contributed by atoms with E-state index >= 15 is 0 Å². The molecule has 5 heteroatoms. The number of nitriles is 1. The number of hydrogen-bond acceptors (Lipinski definition) is 4. The lowest BCUT2D eigenvalue weighted by atomic mass is 9.89. The van der Waals surface area contributed by atoms with Gasteiger partial charge < -0.3 is 10.6 Å². The Bertz CT molecular complexity index is 911. The van der Waals surface area contributed by atoms with Crippen molar-refractivity contribution >= 4 is 11.7 Å². The molecule has 0 bridgehead atoms. The highest BCUT2D eigenvalue weighted by Gasteiger charge is 2.16. The highest BCUT2D eigenvalue weighted by molar-refractivity contribution is 5.97. The number of anilines is 1. The maximum atomic E-state index is 12.5. The number of hydrogen-bond donors (Lipinski definition) is 2. The smallest absolute Gasteiger partial charge is 0.263 e. The van der Waals surface area contributed by atoms with Gasteiger partial charge in [0.05, 0.1) is 6.04 Å². The van der Waals surface area contributed by atoms with Crippen molar-refractivity contribution < 1.29 is 4.79 Å². The lowest BCUT2D eigenvalue weighted by Crippen LogP contribution is -2.28. The normalized spacial score (nSPS) is 14.6. The fourth-order valence-electron chi connectivity index (χ4n) is 3.30. The summed E-state index contributed by atoms with van der Waals surface area (Å²) in [6.45, 7) is 3.82. The molecule has 1 aliphatic rings. The average molecular weight is 360 g/mol. The summed E-state index contributed by atoms with van der Waals surface area (Å²) in [6, 6.07) is 13.7. The molecule has 138 valence electrons. The van der Waals surface area contributed by atoms with Crippen LogP contribution in [0.15, 0.2) is 48.2 Å². The minimum atomic E-state index is -0.400. The molecule has 2 aromatic rings. The number of amides is 1. The van der Waals surface area contributed by atoms with Crippen molar-refractivity contribution in [3.05, 3.63) is 70.6 Å². The molecule has 0 spiro atoms. The molecule has 1 aromatic heterocycles. The molecule has 1 atom stereocenters. The molecule has 2 N–H and O–H groups in total. The Balaban J connectivity index is 1.67. The number of pyridine rings is 1. The highest BCUT2D eigenvalue weighted by atomic mass is 16.1. The van der Waals surface area contributed by atoms with Gasteiger partial charge in [0, 0.05) is 11.9 Å². The van der Waals surface area contributed by atoms with Crippen molar-refractivity contribution in [2.24, 2.45) is 0 Å². The number of carbonyl (C=O) groups is 1. The molecule has 5 nitrogen and oxygen atoms in total. The van der Waals surface area contributed by atoms with E-state index in [9.17, 15) is 10.1 Å². The molecule has 0 saturated carbocycles. The Morgan fingerprint density at radius 3 is 2.74 bits per heavy atom. The second-order valence-electron chi connectivity index (χ2n) is 6.91. The monoisotopic (exact) mass is 360 g/mol. The van der Waals surface area contributed by atoms with E-state index in [1.807, 2.05) is 32.0 Å². The van der Waals surface area contributed by atoms with Gasteiger partial charge in [-0.25, -0.2) is 4.98 Å². The Labute approximate surface area is 160 Å². The number of aryl methyl sites for hydroxylation is 3. The first-order valence-electron chi connectivity index (χ1n) is 9.30. The number of benzene rings is 1. The average Bonchev–Trinajstić information content (AvgIpc) is 2.68. The summed E-state index contributed by atoms with van der Waals surface area (Å²) in [5.74, 6) is 0.196. The fraction of sp³-hybridized carbons (Fsp3) is 0.318. The molecule has 0 saturated heterocycles. The minimum absolute atomic E-state index is 0.0168. The number of carbonyl (C=O) groups excluding carboxylic acids is 1. The van der Waals surface area contributed by atoms with Gasteiger partial charge in [0.25, 0.3) is 5.91 Å². The third kappa shape index (κ3) is 4.73. The van der Waals surface area contributed by atoms with Crippen molar-refractivity contribution in [1.29, 1.82) is 5.26 Å². The van der Waals surface area contributed by atoms with Crippen LogP contribution in [0.5, 0.6) is 0 Å². The summed E-state index contributed by atoms with van der Waals surface area (Å²) in [4.78, 5) is 16.8. The molecule has 1 aliphatic carbocycles. The van der Waals surface area contributed by atoms with Gasteiger partial charge in [-0.2, -0.15) is 5.26 Å². The van der Waals surface area contributed by atoms with Crippen LogP contribution in [0.2, 0.25) is 0 Å². The van der Waals surface area contributed by atoms with E-state index in [4.69, 9.17) is 0 Å². The molecule has 1 amide bonds. The Kier molecular flexibility index (Phi) is 5.87. The third-order valence-electron chi connectivity index (χ3n) is 4.84. The number of aromatic nitrogens is 1. The standard InChI is InChI=1S/C22H24N4O/c1-15-6-5-9-21(25-15)24-14-20(13-23)22(27)26-16(2)18-11-10-17-7-3-4-8-19(17)12-18/h5-6,9-12,14,16H,3-4,7-8H2,1-2H3,(H,24,25)(H,26,27)/b20-14-. The molecular weight excluding hydrogens is 336 g/mol. The van der Waals surface area contributed by atoms with Crippen molar-refractivity contribution in [2.45, 2.75) is 45.6 Å². The predicted octanol–water partition coefficient (Wildman–Crippen LogP) is 3.97. The molecule has 1 aromatic carbocycles. The summed E-state index contributed by atoms with van der Waals surface area (Å²) in [5, 5.41) is 15.2. The van der Waals surface area contributed by atoms with Crippen LogP contribution in [0.3, 0.4) is 0 Å². The molecule has 0 fully saturated rings. The summed E-state index contributed by atoms with van der Waals surface area (Å²) in [7, 11) is 0. The zero-order valence-corrected chi connectivity index (χ0v) is 15.7. The third-order valence-corrected chi connectivity index (χ3v) is 4.84. The fourth-order valence-corrected chi connectivity index (χ4v) is 3.30. The Hall–Kier alpha value is -3.13. The lowest BCUT2D eigenvalue weighted by Gasteiger charge is -2.20. The van der Waals surface area contributed by atoms with Gasteiger partial charge in [-0.1, -0.05) is 24.3 Å². The van der Waals surface area contributed by atoms with Gasteiger partial charge in [-0.3, -0.25) is 4.79 Å². The van der Waals surface area contributed by atoms with Gasteiger partial charge in [-0.15, -0.1) is 0 Å². The van der Waals surface area contributed by atoms with Crippen molar-refractivity contribution in [3.8, 4) is 6.07 Å². The molecular formula is C22H24N4O. The van der Waals surface area contributed by atoms with E-state index in [-0.39, 0.29) is 11.6 Å². The first-order chi connectivity index (χ1) is 13.1. The summed E-state index contributed by atoms with van der Waals surface area (Å²) in [6.07, 6.45) is 6.10. The van der Waals surface area contributed by atoms with Gasteiger partial charge in [-0.05, 0) is 68.4 Å². The maximum absolute atomic E-state index is 12.5. The van der Waals surface area contributed by atoms with E-state index in [1.54, 1.807) is 6.07 Å². The van der Waals surface area contributed by atoms with Crippen LogP contribution in [0, 0.1) is 18.3 Å². The van der Waals surface area contributed by atoms with Crippen LogP contribution in [0.1, 0.15) is 48.2 Å². The minimum Gasteiger partial charge on any atom is -0.345 e. The van der Waals surface area contributed by atoms with Gasteiger partial charge in [0.2, 0.25) is 0 Å². The quantitative estimate of drug-likeness (QED) is 0.625. The molecule has 1 unspecified atom stereocenters. The summed E-state index contributed by atoms with van der Waals surface area (Å²) in [5.41, 5.74) is 4.73. The van der Waals surface area contributed by atoms with Crippen LogP contribution in [0.4, 0.5) is 5.82 Å². The summed E-state index contributed by atoms with van der Waals surface area (Å²) < 4.78 is 0. The van der Waals surface area contributed by atoms with E-state index in [0.717, 1.165) is 24.1 Å². The van der Waals surface area contributed by atoms with Crippen molar-refractivity contribution in [3.63, 3.8) is 0 Å². The van der Waals surface area contributed by atoms with Crippen LogP contribution in [-0.2, 0) is 17.6 Å². The topological polar surface area (TPSA) is 77.8 Å². The molecule has 27 heavy (non-hydrogen) atoms. The van der Waals surface area contributed by atoms with Crippen LogP contribution in [0.25, 0.3) is 0 Å². The first kappa shape index (κ1) is 18.7. The number of fused-ring (bicyclic) bond motifs is 1. The van der Waals surface area contributed by atoms with Crippen molar-refractivity contribution in [1.82, 2.24) is 10.3 Å². The molecule has 1 heterocycles. The SMILES string of the molecule is Cc1cccc(N/C=C(/C#N)C(=O)NC(C)c2ccc3c(c2)CCCC3)n1. The van der Waals surface area contributed by atoms with E-state index in [0.29, 0.717) is 5.82 Å². The van der Waals surface area contributed by atoms with Crippen LogP contribution >= 0.6 is 0 Å². The zero-order valence-electron chi connectivity index (χ0n) is 15.7. The Morgan fingerprint density at radius 1 is 1.22 bits per heavy atom. The highest BCUT2D eigenvalue weighted by Crippen LogP contribution is 2.24. The van der Waals surface area contributed by atoms with Crippen LogP contribution in [-0.4, -0.2) is 10.9 Å². The van der Waals surface area contributed by atoms with Gasteiger partial charge in [0.1, 0.15) is 17.5 Å². The van der Waals surface area contributed by atoms with Gasteiger partial charge >= 0.3 is 0 Å². The predicted molar refractivity (Wildman–Crippen MR) is 106 cm³/mol. The summed E-state index contributed by atoms with van der Waals surface area (Å²) >= 11 is 0. The maximum Gasteiger partial charge on any atom is 0.263 e. The largest absolute Gasteiger partial charge is 0.345 e. The van der Waals surface area contributed by atoms with E-state index < -0.39 is 5.91 Å². The molecule has 0 aliphatic heterocycles. The Morgan fingerprint density at radius 2 is 2.00 bits per heavy atom. The van der Waals surface area contributed by atoms with Crippen LogP contribution < -0.4 is 10.6 Å². The van der Waals surface area contributed by atoms with E-state index in [2.05, 4.69) is 33.8 Å².